The van der Waals surface area contributed by atoms with Crippen LogP contribution in [0.5, 0.6) is 0 Å². The minimum absolute atomic E-state index is 0.987. The molecular weight excluding hydrogens is 268 g/mol. The molecule has 1 rings (SSSR count). The molecule has 0 aliphatic carbocycles. The fourth-order valence-electron chi connectivity index (χ4n) is 3.63. The first-order valence-electron chi connectivity index (χ1n) is 10.1. The second kappa shape index (κ2) is 14.5. The van der Waals surface area contributed by atoms with Gasteiger partial charge in [0.05, 0.1) is 0 Å². The van der Waals surface area contributed by atoms with Crippen molar-refractivity contribution in [3.05, 3.63) is 6.92 Å². The van der Waals surface area contributed by atoms with Gasteiger partial charge in [-0.25, -0.2) is 0 Å². The highest BCUT2D eigenvalue weighted by atomic mass is 15.1. The Morgan fingerprint density at radius 3 is 2.18 bits per heavy atom. The summed E-state index contributed by atoms with van der Waals surface area (Å²) in [5.41, 5.74) is 0. The third-order valence-electron chi connectivity index (χ3n) is 5.10. The Balaban J connectivity index is 2.00. The van der Waals surface area contributed by atoms with E-state index in [-0.39, 0.29) is 0 Å². The van der Waals surface area contributed by atoms with Crippen LogP contribution in [0.15, 0.2) is 0 Å². The normalized spacial score (nSPS) is 16.5. The van der Waals surface area contributed by atoms with Crippen molar-refractivity contribution >= 4 is 0 Å². The maximum Gasteiger partial charge on any atom is -0.00186 e. The molecule has 0 atom stereocenters. The Labute approximate surface area is 140 Å². The number of unbranched alkanes of at least 4 members (excludes halogenated alkanes) is 6. The summed E-state index contributed by atoms with van der Waals surface area (Å²) in [6, 6.07) is 0. The first-order chi connectivity index (χ1) is 10.9. The van der Waals surface area contributed by atoms with Crippen LogP contribution in [0.1, 0.15) is 84.0 Å². The van der Waals surface area contributed by atoms with Crippen molar-refractivity contribution in [1.82, 2.24) is 10.2 Å². The molecule has 0 saturated carbocycles. The predicted molar refractivity (Wildman–Crippen MR) is 99.2 cm³/mol. The van der Waals surface area contributed by atoms with Gasteiger partial charge in [-0.1, -0.05) is 52.4 Å². The van der Waals surface area contributed by atoms with E-state index >= 15 is 0 Å². The Hall–Kier alpha value is -0.0800. The van der Waals surface area contributed by atoms with Gasteiger partial charge < -0.3 is 10.2 Å². The molecule has 1 fully saturated rings. The lowest BCUT2D eigenvalue weighted by Crippen LogP contribution is -2.30. The summed E-state index contributed by atoms with van der Waals surface area (Å²) >= 11 is 0. The molecule has 0 amide bonds. The lowest BCUT2D eigenvalue weighted by molar-refractivity contribution is 0.249. The third-order valence-corrected chi connectivity index (χ3v) is 5.10. The van der Waals surface area contributed by atoms with E-state index in [1.54, 1.807) is 0 Å². The molecule has 1 heterocycles. The van der Waals surface area contributed by atoms with E-state index in [0.717, 1.165) is 12.3 Å². The van der Waals surface area contributed by atoms with Crippen LogP contribution in [0.4, 0.5) is 0 Å². The zero-order valence-electron chi connectivity index (χ0n) is 15.3. The van der Waals surface area contributed by atoms with Gasteiger partial charge in [-0.3, -0.25) is 0 Å². The van der Waals surface area contributed by atoms with Crippen molar-refractivity contribution in [2.75, 3.05) is 32.7 Å². The van der Waals surface area contributed by atoms with Crippen LogP contribution in [0.25, 0.3) is 0 Å². The molecule has 0 bridgehead atoms. The number of nitrogens with one attached hydrogen (secondary N) is 1. The van der Waals surface area contributed by atoms with Crippen molar-refractivity contribution in [2.45, 2.75) is 84.0 Å². The highest BCUT2D eigenvalue weighted by Gasteiger charge is 2.13. The van der Waals surface area contributed by atoms with E-state index in [1.807, 2.05) is 0 Å². The molecule has 131 valence electrons. The Kier molecular flexibility index (Phi) is 13.2. The van der Waals surface area contributed by atoms with Crippen molar-refractivity contribution in [1.29, 1.82) is 0 Å². The van der Waals surface area contributed by atoms with Crippen LogP contribution in [0, 0.1) is 12.8 Å². The lowest BCUT2D eigenvalue weighted by Gasteiger charge is -2.25. The minimum atomic E-state index is 0.987. The molecule has 0 aromatic rings. The van der Waals surface area contributed by atoms with E-state index < -0.39 is 0 Å². The van der Waals surface area contributed by atoms with Crippen LogP contribution in [-0.2, 0) is 0 Å². The van der Waals surface area contributed by atoms with Gasteiger partial charge in [0.2, 0.25) is 0 Å². The van der Waals surface area contributed by atoms with Crippen LogP contribution >= 0.6 is 0 Å². The van der Waals surface area contributed by atoms with Crippen molar-refractivity contribution in [2.24, 2.45) is 5.92 Å². The zero-order valence-corrected chi connectivity index (χ0v) is 15.3. The fourth-order valence-corrected chi connectivity index (χ4v) is 3.63. The Morgan fingerprint density at radius 2 is 1.50 bits per heavy atom. The van der Waals surface area contributed by atoms with Gasteiger partial charge in [0.15, 0.2) is 0 Å². The summed E-state index contributed by atoms with van der Waals surface area (Å²) in [6.07, 6.45) is 16.6. The molecular formula is C20H41N2. The predicted octanol–water partition coefficient (Wildman–Crippen LogP) is 5.04. The number of hydrogen-bond donors (Lipinski definition) is 1. The van der Waals surface area contributed by atoms with Crippen molar-refractivity contribution in [3.8, 4) is 0 Å². The molecule has 22 heavy (non-hydrogen) atoms. The van der Waals surface area contributed by atoms with Gasteiger partial charge in [-0.2, -0.15) is 0 Å². The second-order valence-electron chi connectivity index (χ2n) is 7.15. The smallest absolute Gasteiger partial charge is 0.00186 e. The van der Waals surface area contributed by atoms with Crippen molar-refractivity contribution < 1.29 is 0 Å². The van der Waals surface area contributed by atoms with Crippen LogP contribution in [-0.4, -0.2) is 37.6 Å². The summed E-state index contributed by atoms with van der Waals surface area (Å²) in [6.45, 7) is 12.6. The molecule has 0 spiro atoms. The molecule has 0 unspecified atom stereocenters. The largest absolute Gasteiger partial charge is 0.317 e. The van der Waals surface area contributed by atoms with Gasteiger partial charge in [0, 0.05) is 0 Å². The summed E-state index contributed by atoms with van der Waals surface area (Å²) in [5, 5.41) is 3.47. The number of rotatable bonds is 14. The average molecular weight is 310 g/mol. The molecule has 1 N–H and O–H groups in total. The first-order valence-corrected chi connectivity index (χ1v) is 10.1. The van der Waals surface area contributed by atoms with Gasteiger partial charge in [0.1, 0.15) is 0 Å². The molecule has 0 aromatic carbocycles. The summed E-state index contributed by atoms with van der Waals surface area (Å²) < 4.78 is 0. The highest BCUT2D eigenvalue weighted by Crippen LogP contribution is 2.18. The SMILES string of the molecule is [CH2]CCN(CCCCCCCCC)CCCC1CCNCC1. The average Bonchev–Trinajstić information content (AvgIpc) is 2.55. The quantitative estimate of drug-likeness (QED) is 0.452. The molecule has 0 aromatic heterocycles. The van der Waals surface area contributed by atoms with Crippen LogP contribution in [0.2, 0.25) is 0 Å². The van der Waals surface area contributed by atoms with Crippen LogP contribution in [0.3, 0.4) is 0 Å². The van der Waals surface area contributed by atoms with E-state index in [0.29, 0.717) is 0 Å². The highest BCUT2D eigenvalue weighted by molar-refractivity contribution is 4.69. The minimum Gasteiger partial charge on any atom is -0.317 e. The van der Waals surface area contributed by atoms with E-state index in [9.17, 15) is 0 Å². The third kappa shape index (κ3) is 10.6. The molecule has 1 radical (unpaired) electrons. The molecule has 1 saturated heterocycles. The molecule has 1 aliphatic heterocycles. The van der Waals surface area contributed by atoms with Crippen molar-refractivity contribution in [3.63, 3.8) is 0 Å². The maximum atomic E-state index is 4.05. The van der Waals surface area contributed by atoms with Gasteiger partial charge in [0.25, 0.3) is 0 Å². The lowest BCUT2D eigenvalue weighted by atomic mass is 9.93. The first kappa shape index (κ1) is 20.0. The van der Waals surface area contributed by atoms with E-state index in [4.69, 9.17) is 0 Å². The summed E-state index contributed by atoms with van der Waals surface area (Å²) in [5.74, 6) is 0.987. The topological polar surface area (TPSA) is 15.3 Å². The van der Waals surface area contributed by atoms with E-state index in [1.165, 1.54) is 103 Å². The van der Waals surface area contributed by atoms with Gasteiger partial charge in [-0.05, 0) is 77.2 Å². The zero-order chi connectivity index (χ0) is 15.9. The monoisotopic (exact) mass is 309 g/mol. The van der Waals surface area contributed by atoms with Gasteiger partial charge >= 0.3 is 0 Å². The molecule has 1 aliphatic rings. The van der Waals surface area contributed by atoms with Gasteiger partial charge in [-0.15, -0.1) is 0 Å². The summed E-state index contributed by atoms with van der Waals surface area (Å²) in [4.78, 5) is 2.67. The van der Waals surface area contributed by atoms with E-state index in [2.05, 4.69) is 24.1 Å². The number of piperidine rings is 1. The maximum absolute atomic E-state index is 4.05. The van der Waals surface area contributed by atoms with Crippen LogP contribution < -0.4 is 5.32 Å². The Morgan fingerprint density at radius 1 is 0.864 bits per heavy atom. The number of hydrogen-bond acceptors (Lipinski definition) is 2. The molecule has 2 heteroatoms. The fraction of sp³-hybridized carbons (Fsp3) is 0.950. The molecule has 2 nitrogen and oxygen atoms in total. The summed E-state index contributed by atoms with van der Waals surface area (Å²) in [7, 11) is 0. The Bertz CT molecular complexity index is 224. The number of nitrogens with zero attached hydrogens (tertiary/aromatic N) is 1. The second-order valence-corrected chi connectivity index (χ2v) is 7.15. The standard InChI is InChI=1S/C20H41N2/c1-3-5-6-7-8-9-10-18-22(17-4-2)19-11-12-20-13-15-21-16-14-20/h20-21H,2-19H2,1H3.